The molecule has 2 rings (SSSR count). The molecule has 0 radical (unpaired) electrons. The van der Waals surface area contributed by atoms with E-state index in [9.17, 15) is 0 Å². The van der Waals surface area contributed by atoms with Crippen LogP contribution in [0.25, 0.3) is 0 Å². The van der Waals surface area contributed by atoms with Crippen LogP contribution in [0.1, 0.15) is 49.3 Å². The smallest absolute Gasteiger partial charge is 0.00460 e. The molecule has 1 aliphatic carbocycles. The van der Waals surface area contributed by atoms with Crippen molar-refractivity contribution >= 4 is 0 Å². The molecule has 2 unspecified atom stereocenters. The lowest BCUT2D eigenvalue weighted by Crippen LogP contribution is -2.22. The van der Waals surface area contributed by atoms with E-state index < -0.39 is 0 Å². The molecule has 0 saturated carbocycles. The Balaban J connectivity index is 2.27. The van der Waals surface area contributed by atoms with E-state index in [-0.39, 0.29) is 0 Å². The quantitative estimate of drug-likeness (QED) is 0.836. The van der Waals surface area contributed by atoms with Gasteiger partial charge in [-0.15, -0.1) is 0 Å². The first kappa shape index (κ1) is 12.6. The highest BCUT2D eigenvalue weighted by molar-refractivity contribution is 5.37. The maximum absolute atomic E-state index is 3.29. The first-order chi connectivity index (χ1) is 8.26. The molecule has 1 aliphatic rings. The predicted molar refractivity (Wildman–Crippen MR) is 74.6 cm³/mol. The number of fused-ring (bicyclic) bond motifs is 1. The summed E-state index contributed by atoms with van der Waals surface area (Å²) in [6.07, 6.45) is 5.06. The fraction of sp³-hybridized carbons (Fsp3) is 0.625. The molecule has 2 atom stereocenters. The Labute approximate surface area is 106 Å². The third-order valence-electron chi connectivity index (χ3n) is 4.28. The highest BCUT2D eigenvalue weighted by Crippen LogP contribution is 2.38. The molecule has 1 aromatic carbocycles. The Kier molecular flexibility index (Phi) is 4.22. The molecule has 0 amide bonds. The molecule has 0 bridgehead atoms. The molecule has 1 aromatic rings. The van der Waals surface area contributed by atoms with Gasteiger partial charge in [-0.05, 0) is 67.8 Å². The van der Waals surface area contributed by atoms with Crippen molar-refractivity contribution in [3.63, 3.8) is 0 Å². The van der Waals surface area contributed by atoms with E-state index in [4.69, 9.17) is 0 Å². The number of rotatable bonds is 4. The fourth-order valence-corrected chi connectivity index (χ4v) is 3.07. The average molecular weight is 231 g/mol. The zero-order valence-electron chi connectivity index (χ0n) is 11.4. The number of hydrogen-bond acceptors (Lipinski definition) is 1. The van der Waals surface area contributed by atoms with Crippen LogP contribution < -0.4 is 5.32 Å². The molecular weight excluding hydrogens is 206 g/mol. The normalized spacial score (nSPS) is 23.5. The third kappa shape index (κ3) is 2.71. The minimum atomic E-state index is 0.762. The highest BCUT2D eigenvalue weighted by atomic mass is 14.8. The molecule has 1 N–H and O–H groups in total. The van der Waals surface area contributed by atoms with Gasteiger partial charge in [0.15, 0.2) is 0 Å². The van der Waals surface area contributed by atoms with E-state index in [0.29, 0.717) is 0 Å². The molecule has 0 fully saturated rings. The van der Waals surface area contributed by atoms with E-state index >= 15 is 0 Å². The lowest BCUT2D eigenvalue weighted by atomic mass is 9.74. The fourth-order valence-electron chi connectivity index (χ4n) is 3.07. The summed E-state index contributed by atoms with van der Waals surface area (Å²) in [5.41, 5.74) is 4.73. The van der Waals surface area contributed by atoms with Gasteiger partial charge < -0.3 is 5.32 Å². The highest BCUT2D eigenvalue weighted by Gasteiger charge is 2.25. The van der Waals surface area contributed by atoms with Crippen LogP contribution in [0.2, 0.25) is 0 Å². The Morgan fingerprint density at radius 2 is 2.18 bits per heavy atom. The molecule has 0 heterocycles. The maximum Gasteiger partial charge on any atom is -0.00460 e. The summed E-state index contributed by atoms with van der Waals surface area (Å²) in [6.45, 7) is 5.79. The van der Waals surface area contributed by atoms with Crippen LogP contribution in [-0.2, 0) is 12.8 Å². The van der Waals surface area contributed by atoms with E-state index in [1.54, 1.807) is 11.1 Å². The Morgan fingerprint density at radius 3 is 2.88 bits per heavy atom. The zero-order valence-corrected chi connectivity index (χ0v) is 11.4. The molecular formula is C16H25N. The number of nitrogens with one attached hydrogen (secondary N) is 1. The summed E-state index contributed by atoms with van der Waals surface area (Å²) in [5.74, 6) is 1.60. The van der Waals surface area contributed by atoms with Crippen molar-refractivity contribution in [1.29, 1.82) is 0 Å². The van der Waals surface area contributed by atoms with Crippen LogP contribution in [0.4, 0.5) is 0 Å². The largest absolute Gasteiger partial charge is 0.320 e. The molecule has 1 heteroatoms. The SMILES string of the molecule is CCc1ccc2c(c1)C(CCNC)C(C)CC2. The van der Waals surface area contributed by atoms with Gasteiger partial charge in [0.2, 0.25) is 0 Å². The first-order valence-electron chi connectivity index (χ1n) is 7.02. The van der Waals surface area contributed by atoms with Gasteiger partial charge in [0.25, 0.3) is 0 Å². The second-order valence-corrected chi connectivity index (χ2v) is 5.40. The van der Waals surface area contributed by atoms with E-state index in [1.807, 2.05) is 0 Å². The van der Waals surface area contributed by atoms with Crippen molar-refractivity contribution in [2.24, 2.45) is 5.92 Å². The van der Waals surface area contributed by atoms with Gasteiger partial charge in [0.05, 0.1) is 0 Å². The van der Waals surface area contributed by atoms with Crippen LogP contribution in [0.3, 0.4) is 0 Å². The lowest BCUT2D eigenvalue weighted by Gasteiger charge is -2.32. The summed E-state index contributed by atoms with van der Waals surface area (Å²) in [4.78, 5) is 0. The number of aryl methyl sites for hydroxylation is 2. The van der Waals surface area contributed by atoms with Crippen LogP contribution in [0.15, 0.2) is 18.2 Å². The Hall–Kier alpha value is -0.820. The van der Waals surface area contributed by atoms with E-state index in [2.05, 4.69) is 44.4 Å². The second-order valence-electron chi connectivity index (χ2n) is 5.40. The van der Waals surface area contributed by atoms with Gasteiger partial charge in [-0.25, -0.2) is 0 Å². The molecule has 0 aliphatic heterocycles. The lowest BCUT2D eigenvalue weighted by molar-refractivity contribution is 0.380. The molecule has 0 saturated heterocycles. The van der Waals surface area contributed by atoms with Crippen molar-refractivity contribution in [2.75, 3.05) is 13.6 Å². The Bertz CT molecular complexity index is 370. The molecule has 0 spiro atoms. The van der Waals surface area contributed by atoms with Gasteiger partial charge in [-0.2, -0.15) is 0 Å². The summed E-state index contributed by atoms with van der Waals surface area (Å²) in [5, 5.41) is 3.29. The van der Waals surface area contributed by atoms with Crippen molar-refractivity contribution in [3.05, 3.63) is 34.9 Å². The Morgan fingerprint density at radius 1 is 1.35 bits per heavy atom. The van der Waals surface area contributed by atoms with Gasteiger partial charge in [-0.1, -0.05) is 32.0 Å². The topological polar surface area (TPSA) is 12.0 Å². The number of hydrogen-bond donors (Lipinski definition) is 1. The van der Waals surface area contributed by atoms with Gasteiger partial charge in [-0.3, -0.25) is 0 Å². The minimum absolute atomic E-state index is 0.762. The van der Waals surface area contributed by atoms with Crippen LogP contribution in [-0.4, -0.2) is 13.6 Å². The van der Waals surface area contributed by atoms with Gasteiger partial charge in [0, 0.05) is 0 Å². The average Bonchev–Trinajstić information content (AvgIpc) is 2.37. The molecule has 17 heavy (non-hydrogen) atoms. The van der Waals surface area contributed by atoms with Crippen molar-refractivity contribution in [3.8, 4) is 0 Å². The third-order valence-corrected chi connectivity index (χ3v) is 4.28. The van der Waals surface area contributed by atoms with Crippen molar-refractivity contribution in [1.82, 2.24) is 5.32 Å². The summed E-state index contributed by atoms with van der Waals surface area (Å²) in [6, 6.07) is 7.14. The van der Waals surface area contributed by atoms with Crippen LogP contribution >= 0.6 is 0 Å². The van der Waals surface area contributed by atoms with E-state index in [1.165, 1.54) is 24.8 Å². The van der Waals surface area contributed by atoms with E-state index in [0.717, 1.165) is 24.8 Å². The van der Waals surface area contributed by atoms with Crippen LogP contribution in [0.5, 0.6) is 0 Å². The van der Waals surface area contributed by atoms with Crippen LogP contribution in [0, 0.1) is 5.92 Å². The molecule has 94 valence electrons. The standard InChI is InChI=1S/C16H25N/c1-4-13-6-8-14-7-5-12(2)15(9-10-17-3)16(14)11-13/h6,8,11-12,15,17H,4-5,7,9-10H2,1-3H3. The summed E-state index contributed by atoms with van der Waals surface area (Å²) >= 11 is 0. The zero-order chi connectivity index (χ0) is 12.3. The molecule has 0 aromatic heterocycles. The maximum atomic E-state index is 3.29. The van der Waals surface area contributed by atoms with Gasteiger partial charge in [0.1, 0.15) is 0 Å². The summed E-state index contributed by atoms with van der Waals surface area (Å²) in [7, 11) is 2.05. The molecule has 1 nitrogen and oxygen atoms in total. The first-order valence-corrected chi connectivity index (χ1v) is 7.02. The second kappa shape index (κ2) is 5.68. The van der Waals surface area contributed by atoms with Crippen molar-refractivity contribution in [2.45, 2.75) is 45.4 Å². The van der Waals surface area contributed by atoms with Gasteiger partial charge >= 0.3 is 0 Å². The minimum Gasteiger partial charge on any atom is -0.320 e. The predicted octanol–water partition coefficient (Wildman–Crippen LogP) is 3.52. The van der Waals surface area contributed by atoms with Crippen molar-refractivity contribution < 1.29 is 0 Å². The number of benzene rings is 1. The summed E-state index contributed by atoms with van der Waals surface area (Å²) < 4.78 is 0. The monoisotopic (exact) mass is 231 g/mol.